The summed E-state index contributed by atoms with van der Waals surface area (Å²) in [5.74, 6) is 1.29. The van der Waals surface area contributed by atoms with Crippen molar-refractivity contribution in [3.05, 3.63) is 36.6 Å². The van der Waals surface area contributed by atoms with Gasteiger partial charge < -0.3 is 14.0 Å². The quantitative estimate of drug-likeness (QED) is 0.626. The van der Waals surface area contributed by atoms with Crippen molar-refractivity contribution < 1.29 is 14.0 Å². The Bertz CT molecular complexity index is 487. The zero-order chi connectivity index (χ0) is 15.7. The molecule has 2 rings (SSSR count). The van der Waals surface area contributed by atoms with Crippen molar-refractivity contribution >= 4 is 12.6 Å². The highest BCUT2D eigenvalue weighted by Gasteiger charge is 2.51. The van der Waals surface area contributed by atoms with E-state index in [-0.39, 0.29) is 18.3 Å². The standard InChI is InChI=1S/C17H25BO3/c1-13(2)11-12-19-15-9-7-14(8-10-15)18-20-16(3,4)17(5,6)21-18/h7-13H,1-6H3. The van der Waals surface area contributed by atoms with Crippen LogP contribution in [0, 0.1) is 5.92 Å². The fourth-order valence-corrected chi connectivity index (χ4v) is 1.96. The third-order valence-corrected chi connectivity index (χ3v) is 4.07. The van der Waals surface area contributed by atoms with E-state index < -0.39 is 0 Å². The van der Waals surface area contributed by atoms with Crippen LogP contribution < -0.4 is 10.2 Å². The van der Waals surface area contributed by atoms with E-state index in [2.05, 4.69) is 41.5 Å². The average Bonchev–Trinajstić information content (AvgIpc) is 2.59. The van der Waals surface area contributed by atoms with E-state index in [1.54, 1.807) is 6.26 Å². The molecule has 1 aliphatic rings. The lowest BCUT2D eigenvalue weighted by Gasteiger charge is -2.32. The Kier molecular flexibility index (Phi) is 4.50. The molecule has 0 spiro atoms. The molecule has 0 bridgehead atoms. The Labute approximate surface area is 128 Å². The lowest BCUT2D eigenvalue weighted by atomic mass is 9.79. The molecule has 0 unspecified atom stereocenters. The molecular weight excluding hydrogens is 263 g/mol. The van der Waals surface area contributed by atoms with Gasteiger partial charge in [0.25, 0.3) is 0 Å². The predicted octanol–water partition coefficient (Wildman–Crippen LogP) is 3.53. The Morgan fingerprint density at radius 1 is 1.00 bits per heavy atom. The van der Waals surface area contributed by atoms with Crippen LogP contribution in [0.1, 0.15) is 41.5 Å². The summed E-state index contributed by atoms with van der Waals surface area (Å²) in [6.07, 6.45) is 3.75. The summed E-state index contributed by atoms with van der Waals surface area (Å²) in [5.41, 5.74) is 0.383. The first-order valence-corrected chi connectivity index (χ1v) is 7.50. The van der Waals surface area contributed by atoms with E-state index in [9.17, 15) is 0 Å². The molecule has 1 aromatic rings. The monoisotopic (exact) mass is 288 g/mol. The van der Waals surface area contributed by atoms with E-state index in [1.165, 1.54) is 0 Å². The molecule has 0 aliphatic carbocycles. The summed E-state index contributed by atoms with van der Waals surface area (Å²) in [6.45, 7) is 12.5. The SMILES string of the molecule is CC(C)C=COc1ccc(B2OC(C)(C)C(C)(C)O2)cc1. The highest BCUT2D eigenvalue weighted by atomic mass is 16.7. The number of allylic oxidation sites excluding steroid dienone is 1. The minimum Gasteiger partial charge on any atom is -0.465 e. The van der Waals surface area contributed by atoms with Gasteiger partial charge in [-0.15, -0.1) is 0 Å². The van der Waals surface area contributed by atoms with Crippen molar-refractivity contribution in [3.8, 4) is 5.75 Å². The van der Waals surface area contributed by atoms with Crippen LogP contribution in [0.4, 0.5) is 0 Å². The summed E-state index contributed by atoms with van der Waals surface area (Å²) in [5, 5.41) is 0. The van der Waals surface area contributed by atoms with Crippen LogP contribution >= 0.6 is 0 Å². The van der Waals surface area contributed by atoms with Crippen LogP contribution in [0.5, 0.6) is 5.75 Å². The molecule has 1 heterocycles. The summed E-state index contributed by atoms with van der Waals surface area (Å²) in [4.78, 5) is 0. The van der Waals surface area contributed by atoms with Gasteiger partial charge in [-0.2, -0.15) is 0 Å². The maximum absolute atomic E-state index is 6.03. The zero-order valence-corrected chi connectivity index (χ0v) is 13.8. The molecule has 21 heavy (non-hydrogen) atoms. The van der Waals surface area contributed by atoms with E-state index in [1.807, 2.05) is 30.3 Å². The Balaban J connectivity index is 2.04. The molecule has 3 nitrogen and oxygen atoms in total. The van der Waals surface area contributed by atoms with Gasteiger partial charge in [-0.3, -0.25) is 0 Å². The van der Waals surface area contributed by atoms with Crippen LogP contribution in [0.15, 0.2) is 36.6 Å². The average molecular weight is 288 g/mol. The second kappa shape index (κ2) is 5.86. The molecule has 114 valence electrons. The first kappa shape index (κ1) is 16.1. The maximum Gasteiger partial charge on any atom is 0.494 e. The van der Waals surface area contributed by atoms with Gasteiger partial charge in [-0.25, -0.2) is 0 Å². The molecule has 1 saturated heterocycles. The lowest BCUT2D eigenvalue weighted by Crippen LogP contribution is -2.41. The van der Waals surface area contributed by atoms with Crippen LogP contribution in [-0.2, 0) is 9.31 Å². The van der Waals surface area contributed by atoms with Gasteiger partial charge in [0.1, 0.15) is 5.75 Å². The van der Waals surface area contributed by atoms with Crippen molar-refractivity contribution in [2.75, 3.05) is 0 Å². The first-order valence-electron chi connectivity index (χ1n) is 7.50. The number of rotatable bonds is 4. The fourth-order valence-electron chi connectivity index (χ4n) is 1.96. The Morgan fingerprint density at radius 2 is 1.52 bits per heavy atom. The highest BCUT2D eigenvalue weighted by Crippen LogP contribution is 2.36. The van der Waals surface area contributed by atoms with E-state index >= 15 is 0 Å². The Morgan fingerprint density at radius 3 is 2.00 bits per heavy atom. The van der Waals surface area contributed by atoms with Crippen molar-refractivity contribution in [2.45, 2.75) is 52.7 Å². The third kappa shape index (κ3) is 3.69. The molecule has 0 saturated carbocycles. The van der Waals surface area contributed by atoms with E-state index in [0.29, 0.717) is 5.92 Å². The topological polar surface area (TPSA) is 27.7 Å². The van der Waals surface area contributed by atoms with Crippen molar-refractivity contribution in [1.82, 2.24) is 0 Å². The second-order valence-electron chi connectivity index (χ2n) is 6.85. The van der Waals surface area contributed by atoms with Crippen LogP contribution in [0.2, 0.25) is 0 Å². The van der Waals surface area contributed by atoms with Gasteiger partial charge in [-0.05, 0) is 57.3 Å². The first-order chi connectivity index (χ1) is 9.71. The van der Waals surface area contributed by atoms with Gasteiger partial charge in [-0.1, -0.05) is 26.0 Å². The summed E-state index contributed by atoms with van der Waals surface area (Å²) in [6, 6.07) is 7.84. The Hall–Kier alpha value is -1.26. The van der Waals surface area contributed by atoms with Gasteiger partial charge in [0.2, 0.25) is 0 Å². The van der Waals surface area contributed by atoms with E-state index in [0.717, 1.165) is 11.2 Å². The van der Waals surface area contributed by atoms with Gasteiger partial charge >= 0.3 is 7.12 Å². The minimum absolute atomic E-state index is 0.313. The molecule has 0 amide bonds. The second-order valence-corrected chi connectivity index (χ2v) is 6.85. The van der Waals surface area contributed by atoms with Gasteiger partial charge in [0, 0.05) is 0 Å². The number of ether oxygens (including phenoxy) is 1. The summed E-state index contributed by atoms with van der Waals surface area (Å²) < 4.78 is 17.6. The predicted molar refractivity (Wildman–Crippen MR) is 86.8 cm³/mol. The summed E-state index contributed by atoms with van der Waals surface area (Å²) in [7, 11) is -0.324. The molecular formula is C17H25BO3. The smallest absolute Gasteiger partial charge is 0.465 e. The van der Waals surface area contributed by atoms with E-state index in [4.69, 9.17) is 14.0 Å². The number of benzene rings is 1. The zero-order valence-electron chi connectivity index (χ0n) is 13.8. The highest BCUT2D eigenvalue weighted by molar-refractivity contribution is 6.62. The molecule has 1 aromatic carbocycles. The molecule has 0 radical (unpaired) electrons. The van der Waals surface area contributed by atoms with Crippen LogP contribution in [0.3, 0.4) is 0 Å². The third-order valence-electron chi connectivity index (χ3n) is 4.07. The number of hydrogen-bond donors (Lipinski definition) is 0. The largest absolute Gasteiger partial charge is 0.494 e. The molecule has 0 N–H and O–H groups in total. The summed E-state index contributed by atoms with van der Waals surface area (Å²) >= 11 is 0. The van der Waals surface area contributed by atoms with Crippen molar-refractivity contribution in [3.63, 3.8) is 0 Å². The van der Waals surface area contributed by atoms with Crippen molar-refractivity contribution in [1.29, 1.82) is 0 Å². The minimum atomic E-state index is -0.324. The fraction of sp³-hybridized carbons (Fsp3) is 0.529. The number of hydrogen-bond acceptors (Lipinski definition) is 3. The molecule has 4 heteroatoms. The normalized spacial score (nSPS) is 20.4. The van der Waals surface area contributed by atoms with Crippen LogP contribution in [0.25, 0.3) is 0 Å². The van der Waals surface area contributed by atoms with Gasteiger partial charge in [0.15, 0.2) is 0 Å². The molecule has 1 aliphatic heterocycles. The molecule has 0 atom stereocenters. The molecule has 0 aromatic heterocycles. The van der Waals surface area contributed by atoms with Crippen LogP contribution in [-0.4, -0.2) is 18.3 Å². The van der Waals surface area contributed by atoms with Gasteiger partial charge in [0.05, 0.1) is 17.5 Å². The van der Waals surface area contributed by atoms with Crippen molar-refractivity contribution in [2.24, 2.45) is 5.92 Å². The maximum atomic E-state index is 6.03. The molecule has 1 fully saturated rings. The lowest BCUT2D eigenvalue weighted by molar-refractivity contribution is 0.00578.